The quantitative estimate of drug-likeness (QED) is 0.520. The molecule has 0 aliphatic rings. The van der Waals surface area contributed by atoms with Crippen molar-refractivity contribution in [2.75, 3.05) is 5.32 Å². The fraction of sp³-hybridized carbons (Fsp3) is 0. The second-order valence-corrected chi connectivity index (χ2v) is 4.55. The average molecular weight is 348 g/mol. The van der Waals surface area contributed by atoms with Gasteiger partial charge in [0.25, 0.3) is 0 Å². The number of benzene rings is 1. The number of anilines is 2. The van der Waals surface area contributed by atoms with Crippen LogP contribution in [0.5, 0.6) is 0 Å². The van der Waals surface area contributed by atoms with Crippen molar-refractivity contribution in [2.45, 2.75) is 0 Å². The highest BCUT2D eigenvalue weighted by atomic mass is 79.9. The largest absolute Gasteiger partial charge is 0.348 e. The van der Waals surface area contributed by atoms with Gasteiger partial charge in [-0.05, 0) is 28.1 Å². The Morgan fingerprint density at radius 3 is 2.79 bits per heavy atom. The van der Waals surface area contributed by atoms with Crippen LogP contribution in [0.4, 0.5) is 21.6 Å². The van der Waals surface area contributed by atoms with E-state index >= 15 is 0 Å². The summed E-state index contributed by atoms with van der Waals surface area (Å²) in [5.74, 6) is -0.769. The Hall–Kier alpha value is -1.80. The van der Waals surface area contributed by atoms with Gasteiger partial charge in [-0.3, -0.25) is 10.1 Å². The van der Waals surface area contributed by atoms with E-state index < -0.39 is 16.4 Å². The van der Waals surface area contributed by atoms with E-state index in [1.54, 1.807) is 6.07 Å². The lowest BCUT2D eigenvalue weighted by Gasteiger charge is -2.09. The summed E-state index contributed by atoms with van der Waals surface area (Å²) in [6.45, 7) is 0. The van der Waals surface area contributed by atoms with E-state index in [1.165, 1.54) is 12.1 Å². The van der Waals surface area contributed by atoms with Crippen molar-refractivity contribution in [3.8, 4) is 0 Å². The molecule has 9 heteroatoms. The van der Waals surface area contributed by atoms with Crippen molar-refractivity contribution in [3.63, 3.8) is 0 Å². The molecule has 1 aromatic carbocycles. The van der Waals surface area contributed by atoms with Crippen LogP contribution in [0.1, 0.15) is 0 Å². The molecule has 0 bridgehead atoms. The van der Waals surface area contributed by atoms with E-state index in [-0.39, 0.29) is 16.7 Å². The number of hydrogen-bond acceptors (Lipinski definition) is 5. The molecule has 0 aliphatic carbocycles. The van der Waals surface area contributed by atoms with Gasteiger partial charge in [0.05, 0.1) is 10.6 Å². The van der Waals surface area contributed by atoms with E-state index in [9.17, 15) is 14.5 Å². The van der Waals surface area contributed by atoms with Gasteiger partial charge in [0, 0.05) is 4.47 Å². The molecule has 0 fully saturated rings. The van der Waals surface area contributed by atoms with Crippen molar-refractivity contribution in [1.82, 2.24) is 9.97 Å². The van der Waals surface area contributed by atoms with Crippen LogP contribution in [0.25, 0.3) is 0 Å². The summed E-state index contributed by atoms with van der Waals surface area (Å²) in [7, 11) is 0. The molecule has 1 heterocycles. The zero-order chi connectivity index (χ0) is 14.0. The molecule has 98 valence electrons. The Kier molecular flexibility index (Phi) is 3.91. The summed E-state index contributed by atoms with van der Waals surface area (Å²) in [6, 6.07) is 4.29. The maximum Gasteiger partial charge on any atom is 0.348 e. The lowest BCUT2D eigenvalue weighted by Crippen LogP contribution is -2.03. The van der Waals surface area contributed by atoms with Crippen molar-refractivity contribution in [3.05, 3.63) is 50.1 Å². The Morgan fingerprint density at radius 1 is 1.42 bits per heavy atom. The monoisotopic (exact) mass is 346 g/mol. The molecule has 0 atom stereocenters. The molecule has 1 N–H and O–H groups in total. The lowest BCUT2D eigenvalue weighted by molar-refractivity contribution is -0.384. The number of nitro groups is 1. The molecule has 0 saturated carbocycles. The number of hydrogen-bond donors (Lipinski definition) is 1. The molecule has 0 radical (unpaired) electrons. The Balaban J connectivity index is 2.50. The molecule has 2 aromatic rings. The SMILES string of the molecule is O=[N+]([O-])c1c(Cl)ncnc1Nc1c(F)cccc1Br. The summed E-state index contributed by atoms with van der Waals surface area (Å²) in [4.78, 5) is 17.4. The van der Waals surface area contributed by atoms with E-state index in [1.807, 2.05) is 0 Å². The van der Waals surface area contributed by atoms with E-state index in [0.29, 0.717) is 4.47 Å². The van der Waals surface area contributed by atoms with Gasteiger partial charge in [0.15, 0.2) is 0 Å². The first kappa shape index (κ1) is 13.6. The summed E-state index contributed by atoms with van der Waals surface area (Å²) >= 11 is 8.77. The molecule has 0 saturated heterocycles. The molecule has 1 aromatic heterocycles. The normalized spacial score (nSPS) is 10.3. The van der Waals surface area contributed by atoms with Gasteiger partial charge in [-0.15, -0.1) is 0 Å². The van der Waals surface area contributed by atoms with Gasteiger partial charge < -0.3 is 5.32 Å². The minimum Gasteiger partial charge on any atom is -0.331 e. The summed E-state index contributed by atoms with van der Waals surface area (Å²) in [5, 5.41) is 13.1. The summed E-state index contributed by atoms with van der Waals surface area (Å²) in [6.07, 6.45) is 1.05. The highest BCUT2D eigenvalue weighted by molar-refractivity contribution is 9.10. The number of halogens is 3. The molecular weight excluding hydrogens is 342 g/mol. The molecule has 0 spiro atoms. The summed E-state index contributed by atoms with van der Waals surface area (Å²) < 4.78 is 14.0. The van der Waals surface area contributed by atoms with Crippen LogP contribution in [0.15, 0.2) is 29.0 Å². The Labute approximate surface area is 119 Å². The average Bonchev–Trinajstić information content (AvgIpc) is 2.33. The molecule has 6 nitrogen and oxygen atoms in total. The van der Waals surface area contributed by atoms with Crippen molar-refractivity contribution in [1.29, 1.82) is 0 Å². The first-order chi connectivity index (χ1) is 9.00. The number of nitrogens with zero attached hydrogens (tertiary/aromatic N) is 3. The predicted octanol–water partition coefficient (Wildman–Crippen LogP) is 3.68. The lowest BCUT2D eigenvalue weighted by atomic mass is 10.3. The van der Waals surface area contributed by atoms with Gasteiger partial charge in [-0.25, -0.2) is 14.4 Å². The van der Waals surface area contributed by atoms with E-state index in [0.717, 1.165) is 6.33 Å². The van der Waals surface area contributed by atoms with Gasteiger partial charge in [-0.1, -0.05) is 17.7 Å². The minimum atomic E-state index is -0.737. The zero-order valence-electron chi connectivity index (χ0n) is 9.10. The third kappa shape index (κ3) is 2.79. The van der Waals surface area contributed by atoms with Gasteiger partial charge in [0.1, 0.15) is 12.1 Å². The third-order valence-electron chi connectivity index (χ3n) is 2.17. The van der Waals surface area contributed by atoms with Crippen LogP contribution in [-0.4, -0.2) is 14.9 Å². The van der Waals surface area contributed by atoms with Crippen molar-refractivity contribution < 1.29 is 9.31 Å². The minimum absolute atomic E-state index is 0.0281. The van der Waals surface area contributed by atoms with Crippen LogP contribution in [-0.2, 0) is 0 Å². The Morgan fingerprint density at radius 2 is 2.16 bits per heavy atom. The van der Waals surface area contributed by atoms with Gasteiger partial charge in [-0.2, -0.15) is 0 Å². The van der Waals surface area contributed by atoms with Crippen molar-refractivity contribution in [2.24, 2.45) is 0 Å². The second-order valence-electron chi connectivity index (χ2n) is 3.34. The van der Waals surface area contributed by atoms with Crippen LogP contribution in [0.2, 0.25) is 5.15 Å². The van der Waals surface area contributed by atoms with Gasteiger partial charge in [0.2, 0.25) is 11.0 Å². The molecule has 19 heavy (non-hydrogen) atoms. The molecule has 0 unspecified atom stereocenters. The van der Waals surface area contributed by atoms with Crippen LogP contribution < -0.4 is 5.32 Å². The van der Waals surface area contributed by atoms with E-state index in [2.05, 4.69) is 31.2 Å². The predicted molar refractivity (Wildman–Crippen MR) is 71.1 cm³/mol. The number of para-hydroxylation sites is 1. The van der Waals surface area contributed by atoms with E-state index in [4.69, 9.17) is 11.6 Å². The second kappa shape index (κ2) is 5.45. The number of rotatable bonds is 3. The number of aromatic nitrogens is 2. The van der Waals surface area contributed by atoms with Gasteiger partial charge >= 0.3 is 5.69 Å². The highest BCUT2D eigenvalue weighted by Gasteiger charge is 2.22. The topological polar surface area (TPSA) is 81.0 Å². The zero-order valence-corrected chi connectivity index (χ0v) is 11.4. The maximum atomic E-state index is 13.6. The third-order valence-corrected chi connectivity index (χ3v) is 3.10. The van der Waals surface area contributed by atoms with Crippen LogP contribution in [0, 0.1) is 15.9 Å². The van der Waals surface area contributed by atoms with Crippen molar-refractivity contribution >= 4 is 44.7 Å². The maximum absolute atomic E-state index is 13.6. The molecule has 0 amide bonds. The first-order valence-electron chi connectivity index (χ1n) is 4.86. The molecular formula is C10H5BrClFN4O2. The van der Waals surface area contributed by atoms with Crippen LogP contribution in [0.3, 0.4) is 0 Å². The fourth-order valence-corrected chi connectivity index (χ4v) is 1.99. The smallest absolute Gasteiger partial charge is 0.331 e. The number of nitrogens with one attached hydrogen (secondary N) is 1. The standard InChI is InChI=1S/C10H5BrClFN4O2/c11-5-2-1-3-6(13)7(5)16-10-8(17(18)19)9(12)14-4-15-10/h1-4H,(H,14,15,16). The molecule has 0 aliphatic heterocycles. The summed E-state index contributed by atoms with van der Waals surface area (Å²) in [5.41, 5.74) is -0.486. The highest BCUT2D eigenvalue weighted by Crippen LogP contribution is 2.34. The first-order valence-corrected chi connectivity index (χ1v) is 6.03. The molecule has 2 rings (SSSR count). The van der Waals surface area contributed by atoms with Crippen LogP contribution >= 0.6 is 27.5 Å². The Bertz CT molecular complexity index is 635. The fourth-order valence-electron chi connectivity index (χ4n) is 1.35.